The quantitative estimate of drug-likeness (QED) is 0.763. The van der Waals surface area contributed by atoms with E-state index in [9.17, 15) is 0 Å². The Balaban J connectivity index is 2.26. The number of aromatic nitrogens is 1. The fraction of sp³-hybridized carbons (Fsp3) is 0.294. The second-order valence-electron chi connectivity index (χ2n) is 5.16. The molecule has 3 heteroatoms. The van der Waals surface area contributed by atoms with Crippen molar-refractivity contribution < 1.29 is 5.11 Å². The summed E-state index contributed by atoms with van der Waals surface area (Å²) in [7, 11) is 0. The van der Waals surface area contributed by atoms with Crippen LogP contribution in [0.1, 0.15) is 24.9 Å². The lowest BCUT2D eigenvalue weighted by Gasteiger charge is -2.11. The van der Waals surface area contributed by atoms with E-state index in [2.05, 4.69) is 54.0 Å². The molecule has 2 aromatic carbocycles. The summed E-state index contributed by atoms with van der Waals surface area (Å²) in [6.45, 7) is 3.24. The van der Waals surface area contributed by atoms with Crippen molar-refractivity contribution in [3.05, 3.63) is 48.0 Å². The number of aliphatic hydroxyl groups excluding tert-OH is 1. The molecule has 3 N–H and O–H groups in total. The molecule has 1 heterocycles. The fourth-order valence-corrected chi connectivity index (χ4v) is 2.95. The zero-order valence-corrected chi connectivity index (χ0v) is 11.7. The number of aryl methyl sites for hydroxylation is 1. The molecule has 0 bridgehead atoms. The van der Waals surface area contributed by atoms with Gasteiger partial charge in [-0.2, -0.15) is 0 Å². The molecule has 0 aliphatic rings. The van der Waals surface area contributed by atoms with Gasteiger partial charge >= 0.3 is 0 Å². The monoisotopic (exact) mass is 268 g/mol. The van der Waals surface area contributed by atoms with E-state index in [-0.39, 0.29) is 12.6 Å². The Bertz CT molecular complexity index is 745. The minimum Gasteiger partial charge on any atom is -0.396 e. The van der Waals surface area contributed by atoms with Crippen molar-refractivity contribution in [2.24, 2.45) is 5.73 Å². The Morgan fingerprint density at radius 2 is 1.85 bits per heavy atom. The molecule has 0 amide bonds. The second-order valence-corrected chi connectivity index (χ2v) is 5.16. The lowest BCUT2D eigenvalue weighted by Crippen LogP contribution is -2.11. The summed E-state index contributed by atoms with van der Waals surface area (Å²) >= 11 is 0. The van der Waals surface area contributed by atoms with Gasteiger partial charge in [0, 0.05) is 41.0 Å². The van der Waals surface area contributed by atoms with Gasteiger partial charge in [0.05, 0.1) is 0 Å². The maximum absolute atomic E-state index is 9.04. The zero-order valence-electron chi connectivity index (χ0n) is 11.7. The Labute approximate surface area is 118 Å². The first-order valence-electron chi connectivity index (χ1n) is 7.13. The van der Waals surface area contributed by atoms with E-state index in [4.69, 9.17) is 10.8 Å². The van der Waals surface area contributed by atoms with Gasteiger partial charge in [0.15, 0.2) is 0 Å². The highest BCUT2D eigenvalue weighted by atomic mass is 16.3. The van der Waals surface area contributed by atoms with Crippen molar-refractivity contribution in [1.82, 2.24) is 4.57 Å². The largest absolute Gasteiger partial charge is 0.396 e. The number of aliphatic hydroxyl groups is 1. The normalized spacial score (nSPS) is 13.2. The van der Waals surface area contributed by atoms with E-state index in [0.717, 1.165) is 12.1 Å². The first kappa shape index (κ1) is 13.2. The minimum atomic E-state index is -0.104. The van der Waals surface area contributed by atoms with Crippen LogP contribution in [0, 0.1) is 0 Å². The number of nitrogens with zero attached hydrogens (tertiary/aromatic N) is 1. The maximum atomic E-state index is 9.04. The lowest BCUT2D eigenvalue weighted by molar-refractivity contribution is 0.276. The van der Waals surface area contributed by atoms with E-state index < -0.39 is 0 Å². The van der Waals surface area contributed by atoms with Gasteiger partial charge in [-0.05, 0) is 37.1 Å². The van der Waals surface area contributed by atoms with E-state index in [1.165, 1.54) is 21.8 Å². The van der Waals surface area contributed by atoms with Gasteiger partial charge in [0.2, 0.25) is 0 Å². The highest BCUT2D eigenvalue weighted by Gasteiger charge is 2.12. The van der Waals surface area contributed by atoms with Crippen molar-refractivity contribution in [1.29, 1.82) is 0 Å². The fourth-order valence-electron chi connectivity index (χ4n) is 2.95. The van der Waals surface area contributed by atoms with Crippen LogP contribution in [-0.4, -0.2) is 16.3 Å². The molecular formula is C17H20N2O. The van der Waals surface area contributed by atoms with E-state index in [1.54, 1.807) is 0 Å². The lowest BCUT2D eigenvalue weighted by atomic mass is 10.0. The van der Waals surface area contributed by atoms with Gasteiger partial charge in [0.25, 0.3) is 0 Å². The Hall–Kier alpha value is -1.84. The number of hydrogen-bond acceptors (Lipinski definition) is 2. The van der Waals surface area contributed by atoms with Crippen LogP contribution in [0.25, 0.3) is 21.8 Å². The number of benzene rings is 2. The summed E-state index contributed by atoms with van der Waals surface area (Å²) < 4.78 is 2.33. The predicted molar refractivity (Wildman–Crippen MR) is 83.7 cm³/mol. The second kappa shape index (κ2) is 5.27. The van der Waals surface area contributed by atoms with Crippen LogP contribution in [-0.2, 0) is 6.54 Å². The van der Waals surface area contributed by atoms with E-state index in [1.807, 2.05) is 0 Å². The van der Waals surface area contributed by atoms with E-state index in [0.29, 0.717) is 6.42 Å². The third-order valence-electron chi connectivity index (χ3n) is 3.98. The summed E-state index contributed by atoms with van der Waals surface area (Å²) in [6.07, 6.45) is 0.595. The summed E-state index contributed by atoms with van der Waals surface area (Å²) in [5.41, 5.74) is 9.71. The van der Waals surface area contributed by atoms with Crippen LogP contribution in [0.5, 0.6) is 0 Å². The molecule has 0 aliphatic carbocycles. The van der Waals surface area contributed by atoms with Crippen LogP contribution in [0.3, 0.4) is 0 Å². The first-order valence-corrected chi connectivity index (χ1v) is 7.13. The molecule has 1 aromatic heterocycles. The number of fused-ring (bicyclic) bond motifs is 3. The van der Waals surface area contributed by atoms with E-state index >= 15 is 0 Å². The number of para-hydroxylation sites is 1. The molecule has 0 radical (unpaired) electrons. The minimum absolute atomic E-state index is 0.104. The smallest absolute Gasteiger partial charge is 0.0491 e. The molecule has 1 atom stereocenters. The van der Waals surface area contributed by atoms with Gasteiger partial charge in [-0.1, -0.05) is 24.3 Å². The average molecular weight is 268 g/mol. The molecule has 0 saturated carbocycles. The van der Waals surface area contributed by atoms with Gasteiger partial charge in [0.1, 0.15) is 0 Å². The van der Waals surface area contributed by atoms with Crippen LogP contribution in [0.2, 0.25) is 0 Å². The molecule has 0 fully saturated rings. The van der Waals surface area contributed by atoms with Gasteiger partial charge in [-0.3, -0.25) is 0 Å². The van der Waals surface area contributed by atoms with Crippen LogP contribution >= 0.6 is 0 Å². The van der Waals surface area contributed by atoms with Gasteiger partial charge in [-0.15, -0.1) is 0 Å². The molecule has 0 aliphatic heterocycles. The van der Waals surface area contributed by atoms with Crippen molar-refractivity contribution in [2.75, 3.05) is 6.61 Å². The standard InChI is InChI=1S/C17H20N2O/c1-2-19-16-6-4-3-5-13(16)14-11-12(7-8-17(14)19)15(18)9-10-20/h3-8,11,15,20H,2,9-10,18H2,1H3/t15-/m1/s1. The van der Waals surface area contributed by atoms with Crippen LogP contribution in [0.15, 0.2) is 42.5 Å². The molecular weight excluding hydrogens is 248 g/mol. The molecule has 0 saturated heterocycles. The highest BCUT2D eigenvalue weighted by molar-refractivity contribution is 6.08. The Morgan fingerprint density at radius 1 is 1.10 bits per heavy atom. The molecule has 0 unspecified atom stereocenters. The number of hydrogen-bond donors (Lipinski definition) is 2. The predicted octanol–water partition coefficient (Wildman–Crippen LogP) is 3.20. The molecule has 0 spiro atoms. The summed E-state index contributed by atoms with van der Waals surface area (Å²) in [6, 6.07) is 14.8. The number of rotatable bonds is 4. The molecule has 104 valence electrons. The third kappa shape index (κ3) is 1.99. The topological polar surface area (TPSA) is 51.2 Å². The first-order chi connectivity index (χ1) is 9.76. The van der Waals surface area contributed by atoms with Gasteiger partial charge in [-0.25, -0.2) is 0 Å². The van der Waals surface area contributed by atoms with Crippen molar-refractivity contribution >= 4 is 21.8 Å². The molecule has 3 rings (SSSR count). The highest BCUT2D eigenvalue weighted by Crippen LogP contribution is 2.31. The summed E-state index contributed by atoms with van der Waals surface area (Å²) in [5.74, 6) is 0. The number of nitrogens with two attached hydrogens (primary N) is 1. The van der Waals surface area contributed by atoms with Crippen molar-refractivity contribution in [3.8, 4) is 0 Å². The molecule has 3 aromatic rings. The Kier molecular flexibility index (Phi) is 3.47. The molecule has 3 nitrogen and oxygen atoms in total. The van der Waals surface area contributed by atoms with Crippen molar-refractivity contribution in [3.63, 3.8) is 0 Å². The molecule has 20 heavy (non-hydrogen) atoms. The zero-order chi connectivity index (χ0) is 14.1. The van der Waals surface area contributed by atoms with Crippen molar-refractivity contribution in [2.45, 2.75) is 25.9 Å². The average Bonchev–Trinajstić information content (AvgIpc) is 2.80. The SMILES string of the molecule is CCn1c2ccccc2c2cc([C@H](N)CCO)ccc21. The van der Waals surface area contributed by atoms with Crippen LogP contribution < -0.4 is 5.73 Å². The summed E-state index contributed by atoms with van der Waals surface area (Å²) in [5, 5.41) is 11.6. The Morgan fingerprint density at radius 3 is 2.60 bits per heavy atom. The van der Waals surface area contributed by atoms with Crippen LogP contribution in [0.4, 0.5) is 0 Å². The summed E-state index contributed by atoms with van der Waals surface area (Å²) in [4.78, 5) is 0. The third-order valence-corrected chi connectivity index (χ3v) is 3.98. The van der Waals surface area contributed by atoms with Gasteiger partial charge < -0.3 is 15.4 Å². The maximum Gasteiger partial charge on any atom is 0.0491 e.